The number of aliphatic hydroxyl groups is 1. The topological polar surface area (TPSA) is 74.7 Å². The van der Waals surface area contributed by atoms with Gasteiger partial charge < -0.3 is 5.11 Å². The lowest BCUT2D eigenvalue weighted by molar-refractivity contribution is 0.138. The summed E-state index contributed by atoms with van der Waals surface area (Å²) in [4.78, 5) is 4.35. The highest BCUT2D eigenvalue weighted by Crippen LogP contribution is 2.39. The molecule has 2 atom stereocenters. The van der Waals surface area contributed by atoms with Gasteiger partial charge in [-0.1, -0.05) is 6.07 Å². The van der Waals surface area contributed by atoms with E-state index in [0.717, 1.165) is 18.5 Å². The molecule has 5 nitrogen and oxygen atoms in total. The molecule has 3 rings (SSSR count). The van der Waals surface area contributed by atoms with E-state index in [4.69, 9.17) is 0 Å². The van der Waals surface area contributed by atoms with Crippen molar-refractivity contribution in [2.75, 3.05) is 0 Å². The van der Waals surface area contributed by atoms with Gasteiger partial charge in [0.1, 0.15) is 11.8 Å². The van der Waals surface area contributed by atoms with Crippen LogP contribution in [-0.4, -0.2) is 25.5 Å². The molecule has 2 aromatic heterocycles. The van der Waals surface area contributed by atoms with Gasteiger partial charge in [0.05, 0.1) is 6.20 Å². The van der Waals surface area contributed by atoms with Crippen LogP contribution in [0.2, 0.25) is 0 Å². The summed E-state index contributed by atoms with van der Waals surface area (Å²) < 4.78 is 0. The molecule has 0 fully saturated rings. The maximum Gasteiger partial charge on any atom is 0.112 e. The molecule has 1 aliphatic rings. The third-order valence-corrected chi connectivity index (χ3v) is 3.12. The number of pyridine rings is 1. The summed E-state index contributed by atoms with van der Waals surface area (Å²) in [5, 5.41) is 20.3. The number of rotatable bonds is 2. The van der Waals surface area contributed by atoms with Gasteiger partial charge in [-0.05, 0) is 24.5 Å². The molecule has 5 heteroatoms. The van der Waals surface area contributed by atoms with Crippen molar-refractivity contribution in [3.8, 4) is 0 Å². The molecule has 2 heterocycles. The van der Waals surface area contributed by atoms with Crippen LogP contribution in [0.15, 0.2) is 24.5 Å². The van der Waals surface area contributed by atoms with Gasteiger partial charge in [-0.2, -0.15) is 15.4 Å². The number of aromatic nitrogens is 4. The molecule has 0 aliphatic heterocycles. The number of aromatic amines is 1. The van der Waals surface area contributed by atoms with Crippen LogP contribution in [0.25, 0.3) is 0 Å². The largest absolute Gasteiger partial charge is 0.386 e. The molecule has 0 saturated carbocycles. The summed E-state index contributed by atoms with van der Waals surface area (Å²) in [5.74, 6) is 0.0429. The zero-order valence-corrected chi connectivity index (χ0v) is 8.67. The monoisotopic (exact) mass is 216 g/mol. The Morgan fingerprint density at radius 2 is 2.44 bits per heavy atom. The fourth-order valence-electron chi connectivity index (χ4n) is 2.31. The highest BCUT2D eigenvalue weighted by molar-refractivity contribution is 5.30. The zero-order chi connectivity index (χ0) is 11.0. The first-order valence-corrected chi connectivity index (χ1v) is 5.34. The predicted octanol–water partition coefficient (Wildman–Crippen LogP) is 0.963. The smallest absolute Gasteiger partial charge is 0.112 e. The van der Waals surface area contributed by atoms with Crippen molar-refractivity contribution >= 4 is 0 Å². The Balaban J connectivity index is 1.93. The summed E-state index contributed by atoms with van der Waals surface area (Å²) in [6.45, 7) is 0. The van der Waals surface area contributed by atoms with Crippen LogP contribution in [0.5, 0.6) is 0 Å². The molecule has 0 aromatic carbocycles. The number of aryl methyl sites for hydroxylation is 1. The van der Waals surface area contributed by atoms with Gasteiger partial charge in [0.25, 0.3) is 0 Å². The first kappa shape index (κ1) is 9.47. The van der Waals surface area contributed by atoms with Crippen LogP contribution >= 0.6 is 0 Å². The first-order valence-electron chi connectivity index (χ1n) is 5.34. The zero-order valence-electron chi connectivity index (χ0n) is 8.67. The van der Waals surface area contributed by atoms with Crippen LogP contribution in [-0.2, 0) is 6.42 Å². The van der Waals surface area contributed by atoms with E-state index in [-0.39, 0.29) is 5.92 Å². The molecule has 0 saturated heterocycles. The minimum atomic E-state index is -0.616. The van der Waals surface area contributed by atoms with Crippen LogP contribution in [0, 0.1) is 0 Å². The third kappa shape index (κ3) is 1.40. The standard InChI is InChI=1S/C11H12N4O/c16-11(9-6-13-15-14-9)8-4-3-7-2-1-5-12-10(7)8/h1-2,5-6,8,11,16H,3-4H2,(H,13,14,15). The number of hydrogen-bond acceptors (Lipinski definition) is 4. The second kappa shape index (κ2) is 3.68. The van der Waals surface area contributed by atoms with Crippen molar-refractivity contribution in [1.29, 1.82) is 0 Å². The Labute approximate surface area is 92.5 Å². The lowest BCUT2D eigenvalue weighted by atomic mass is 9.97. The molecule has 0 radical (unpaired) electrons. The van der Waals surface area contributed by atoms with Crippen LogP contribution < -0.4 is 0 Å². The SMILES string of the molecule is OC(c1cn[nH]n1)C1CCc2cccnc21. The molecule has 0 spiro atoms. The summed E-state index contributed by atoms with van der Waals surface area (Å²) in [5.41, 5.74) is 2.82. The Kier molecular flexibility index (Phi) is 2.18. The summed E-state index contributed by atoms with van der Waals surface area (Å²) in [7, 11) is 0. The predicted molar refractivity (Wildman–Crippen MR) is 56.6 cm³/mol. The molecule has 2 N–H and O–H groups in total. The van der Waals surface area contributed by atoms with Gasteiger partial charge in [0.15, 0.2) is 0 Å². The van der Waals surface area contributed by atoms with Crippen molar-refractivity contribution in [3.05, 3.63) is 41.5 Å². The van der Waals surface area contributed by atoms with Crippen molar-refractivity contribution in [2.24, 2.45) is 0 Å². The average molecular weight is 216 g/mol. The van der Waals surface area contributed by atoms with Crippen molar-refractivity contribution in [2.45, 2.75) is 24.9 Å². The van der Waals surface area contributed by atoms with E-state index in [0.29, 0.717) is 5.69 Å². The Bertz CT molecular complexity index is 482. The van der Waals surface area contributed by atoms with Gasteiger partial charge in [-0.25, -0.2) is 0 Å². The summed E-state index contributed by atoms with van der Waals surface area (Å²) in [6, 6.07) is 4.00. The molecule has 16 heavy (non-hydrogen) atoms. The Morgan fingerprint density at radius 3 is 3.25 bits per heavy atom. The quantitative estimate of drug-likeness (QED) is 0.784. The molecule has 0 bridgehead atoms. The van der Waals surface area contributed by atoms with Crippen molar-refractivity contribution in [1.82, 2.24) is 20.4 Å². The van der Waals surface area contributed by atoms with Crippen molar-refractivity contribution < 1.29 is 5.11 Å². The first-order chi connectivity index (χ1) is 7.86. The van der Waals surface area contributed by atoms with E-state index < -0.39 is 6.10 Å². The van der Waals surface area contributed by atoms with E-state index in [2.05, 4.69) is 26.5 Å². The number of hydrogen-bond donors (Lipinski definition) is 2. The fourth-order valence-corrected chi connectivity index (χ4v) is 2.31. The van der Waals surface area contributed by atoms with E-state index in [1.165, 1.54) is 5.56 Å². The van der Waals surface area contributed by atoms with Crippen LogP contribution in [0.4, 0.5) is 0 Å². The van der Waals surface area contributed by atoms with Crippen LogP contribution in [0.1, 0.15) is 35.4 Å². The molecule has 2 unspecified atom stereocenters. The maximum absolute atomic E-state index is 10.2. The van der Waals surface area contributed by atoms with E-state index in [1.807, 2.05) is 6.07 Å². The number of nitrogens with zero attached hydrogens (tertiary/aromatic N) is 3. The average Bonchev–Trinajstić information content (AvgIpc) is 2.98. The Hall–Kier alpha value is -1.75. The molecular formula is C11H12N4O. The third-order valence-electron chi connectivity index (χ3n) is 3.12. The Morgan fingerprint density at radius 1 is 1.50 bits per heavy atom. The fraction of sp³-hybridized carbons (Fsp3) is 0.364. The van der Waals surface area contributed by atoms with Crippen LogP contribution in [0.3, 0.4) is 0 Å². The van der Waals surface area contributed by atoms with Crippen molar-refractivity contribution in [3.63, 3.8) is 0 Å². The number of nitrogens with one attached hydrogen (secondary N) is 1. The molecule has 82 valence electrons. The molecular weight excluding hydrogens is 204 g/mol. The van der Waals surface area contributed by atoms with E-state index in [9.17, 15) is 5.11 Å². The van der Waals surface area contributed by atoms with E-state index >= 15 is 0 Å². The van der Waals surface area contributed by atoms with Gasteiger partial charge in [-0.3, -0.25) is 4.98 Å². The normalized spacial score (nSPS) is 20.7. The lowest BCUT2D eigenvalue weighted by Gasteiger charge is -2.15. The summed E-state index contributed by atoms with van der Waals surface area (Å²) in [6.07, 6.45) is 4.61. The van der Waals surface area contributed by atoms with Gasteiger partial charge in [-0.15, -0.1) is 0 Å². The maximum atomic E-state index is 10.2. The number of fused-ring (bicyclic) bond motifs is 1. The lowest BCUT2D eigenvalue weighted by Crippen LogP contribution is -2.09. The number of H-pyrrole nitrogens is 1. The minimum Gasteiger partial charge on any atom is -0.386 e. The molecule has 0 amide bonds. The van der Waals surface area contributed by atoms with E-state index in [1.54, 1.807) is 12.4 Å². The van der Waals surface area contributed by atoms with Gasteiger partial charge >= 0.3 is 0 Å². The molecule has 1 aliphatic carbocycles. The van der Waals surface area contributed by atoms with Gasteiger partial charge in [0, 0.05) is 17.8 Å². The second-order valence-electron chi connectivity index (χ2n) is 4.03. The molecule has 2 aromatic rings. The minimum absolute atomic E-state index is 0.0429. The highest BCUT2D eigenvalue weighted by Gasteiger charge is 2.31. The summed E-state index contributed by atoms with van der Waals surface area (Å²) >= 11 is 0. The second-order valence-corrected chi connectivity index (χ2v) is 4.03. The number of aliphatic hydroxyl groups excluding tert-OH is 1. The van der Waals surface area contributed by atoms with Gasteiger partial charge in [0.2, 0.25) is 0 Å². The highest BCUT2D eigenvalue weighted by atomic mass is 16.3.